The van der Waals surface area contributed by atoms with E-state index in [0.29, 0.717) is 28.1 Å². The van der Waals surface area contributed by atoms with Crippen molar-refractivity contribution in [1.29, 1.82) is 0 Å². The lowest BCUT2D eigenvalue weighted by Crippen LogP contribution is -2.10. The Hall–Kier alpha value is -8.81. The lowest BCUT2D eigenvalue weighted by molar-refractivity contribution is 0.669. The molecule has 0 N–H and O–H groups in total. The Kier molecular flexibility index (Phi) is 6.48. The largest absolute Gasteiger partial charge is 0.456 e. The average molecular weight is 823 g/mol. The molecule has 0 saturated heterocycles. The number of furan rings is 1. The molecule has 0 aliphatic heterocycles. The number of nitrogens with zero attached hydrogens (tertiary/aromatic N) is 6. The lowest BCUT2D eigenvalue weighted by Gasteiger charge is -2.17. The molecule has 9 aromatic carbocycles. The van der Waals surface area contributed by atoms with Crippen LogP contribution in [0.2, 0.25) is 0 Å². The molecule has 0 fully saturated rings. The van der Waals surface area contributed by atoms with Crippen molar-refractivity contribution >= 4 is 87.4 Å². The molecule has 0 atom stereocenters. The molecule has 5 heterocycles. The van der Waals surface area contributed by atoms with Crippen molar-refractivity contribution in [3.05, 3.63) is 206 Å². The molecule has 14 aromatic rings. The van der Waals surface area contributed by atoms with Gasteiger partial charge in [0.15, 0.2) is 5.82 Å². The number of aromatic nitrogens is 6. The van der Waals surface area contributed by atoms with E-state index in [1.54, 1.807) is 4.57 Å². The molecule has 0 bridgehead atoms. The summed E-state index contributed by atoms with van der Waals surface area (Å²) in [7, 11) is 0. The summed E-state index contributed by atoms with van der Waals surface area (Å²) in [6, 6.07) is 60.6. The molecular weight excluding hydrogens is 785 g/mol. The quantitative estimate of drug-likeness (QED) is 0.173. The van der Waals surface area contributed by atoms with Gasteiger partial charge in [-0.2, -0.15) is 15.0 Å². The van der Waals surface area contributed by atoms with E-state index in [2.05, 4.69) is 112 Å². The summed E-state index contributed by atoms with van der Waals surface area (Å²) in [5.74, 6) is 0.915. The van der Waals surface area contributed by atoms with E-state index in [4.69, 9.17) is 23.5 Å². The fourth-order valence-electron chi connectivity index (χ4n) is 9.98. The fraction of sp³-hybridized carbons (Fsp3) is 0. The van der Waals surface area contributed by atoms with Crippen LogP contribution in [0.15, 0.2) is 211 Å². The third-order valence-corrected chi connectivity index (χ3v) is 12.7. The minimum Gasteiger partial charge on any atom is -0.456 e. The van der Waals surface area contributed by atoms with E-state index in [0.717, 1.165) is 87.9 Å². The van der Waals surface area contributed by atoms with E-state index in [1.165, 1.54) is 0 Å². The Morgan fingerprint density at radius 3 is 1.45 bits per heavy atom. The molecule has 0 radical (unpaired) electrons. The van der Waals surface area contributed by atoms with Gasteiger partial charge >= 0.3 is 0 Å². The Morgan fingerprint density at radius 1 is 0.359 bits per heavy atom. The SMILES string of the molecule is [2H]c1c([2H])c([2H])c2c(c1[2H])c1ccccc1n2-c1nc(-c2ccc(-n3c4ccccc4c4ccccc43)cc2-c2cccc3oc4ccccc4c23)nc(-n2c3ccccc3c3ccccc32)n1. The van der Waals surface area contributed by atoms with Crippen molar-refractivity contribution in [2.45, 2.75) is 0 Å². The van der Waals surface area contributed by atoms with Crippen LogP contribution in [0, 0.1) is 0 Å². The zero-order chi connectivity index (χ0) is 45.4. The summed E-state index contributed by atoms with van der Waals surface area (Å²) in [5, 5.41) is 7.36. The summed E-state index contributed by atoms with van der Waals surface area (Å²) in [6.45, 7) is 0. The second-order valence-corrected chi connectivity index (χ2v) is 16.1. The van der Waals surface area contributed by atoms with Crippen LogP contribution in [0.1, 0.15) is 5.48 Å². The minimum atomic E-state index is -0.341. The van der Waals surface area contributed by atoms with Gasteiger partial charge in [-0.3, -0.25) is 9.13 Å². The van der Waals surface area contributed by atoms with Crippen LogP contribution in [-0.2, 0) is 0 Å². The van der Waals surface area contributed by atoms with Gasteiger partial charge in [0.05, 0.1) is 38.6 Å². The zero-order valence-electron chi connectivity index (χ0n) is 37.9. The maximum absolute atomic E-state index is 9.36. The molecule has 0 saturated carbocycles. The van der Waals surface area contributed by atoms with Crippen LogP contribution in [0.25, 0.3) is 127 Å². The predicted molar refractivity (Wildman–Crippen MR) is 261 cm³/mol. The first-order chi connectivity index (χ1) is 33.4. The van der Waals surface area contributed by atoms with Crippen LogP contribution in [-0.4, -0.2) is 28.7 Å². The second kappa shape index (κ2) is 13.3. The first-order valence-corrected chi connectivity index (χ1v) is 21.2. The fourth-order valence-corrected chi connectivity index (χ4v) is 9.98. The standard InChI is InChI=1S/C57H34N6O/c1-8-24-46-36(16-1)37-17-2-9-25-47(37)61(46)35-32-33-43(45(34-35)42-23-15-31-53-54(42)44-22-7-14-30-52(44)64-53)55-58-56(62-48-26-10-3-18-38(48)39-19-4-11-27-49(39)62)60-57(59-55)63-50-28-12-5-20-40(50)41-21-6-13-29-51(41)63/h1-34H/i3D,10D,18D,26D. The Labute approximate surface area is 371 Å². The predicted octanol–water partition coefficient (Wildman–Crippen LogP) is 14.4. The van der Waals surface area contributed by atoms with Gasteiger partial charge in [-0.05, 0) is 77.8 Å². The highest BCUT2D eigenvalue weighted by Gasteiger charge is 2.24. The van der Waals surface area contributed by atoms with Crippen molar-refractivity contribution in [1.82, 2.24) is 28.7 Å². The van der Waals surface area contributed by atoms with Crippen LogP contribution < -0.4 is 0 Å². The maximum Gasteiger partial charge on any atom is 0.240 e. The summed E-state index contributed by atoms with van der Waals surface area (Å²) < 4.78 is 48.7. The first kappa shape index (κ1) is 31.1. The van der Waals surface area contributed by atoms with Gasteiger partial charge in [-0.15, -0.1) is 0 Å². The zero-order valence-corrected chi connectivity index (χ0v) is 33.9. The smallest absolute Gasteiger partial charge is 0.240 e. The number of para-hydroxylation sites is 7. The van der Waals surface area contributed by atoms with Gasteiger partial charge < -0.3 is 8.98 Å². The summed E-state index contributed by atoms with van der Waals surface area (Å²) in [5.41, 5.74) is 9.85. The summed E-state index contributed by atoms with van der Waals surface area (Å²) in [4.78, 5) is 16.1. The molecule has 7 nitrogen and oxygen atoms in total. The number of hydrogen-bond acceptors (Lipinski definition) is 4. The van der Waals surface area contributed by atoms with Crippen molar-refractivity contribution < 1.29 is 9.90 Å². The number of fused-ring (bicyclic) bond motifs is 12. The molecule has 0 spiro atoms. The highest BCUT2D eigenvalue weighted by Crippen LogP contribution is 2.43. The summed E-state index contributed by atoms with van der Waals surface area (Å²) >= 11 is 0. The van der Waals surface area contributed by atoms with Gasteiger partial charge in [0, 0.05) is 54.3 Å². The topological polar surface area (TPSA) is 66.6 Å². The molecule has 298 valence electrons. The molecule has 5 aromatic heterocycles. The van der Waals surface area contributed by atoms with Gasteiger partial charge in [-0.1, -0.05) is 139 Å². The van der Waals surface area contributed by atoms with Crippen molar-refractivity contribution in [3.8, 4) is 40.1 Å². The van der Waals surface area contributed by atoms with Crippen molar-refractivity contribution in [3.63, 3.8) is 0 Å². The van der Waals surface area contributed by atoms with E-state index in [9.17, 15) is 1.37 Å². The van der Waals surface area contributed by atoms with Crippen molar-refractivity contribution in [2.24, 2.45) is 0 Å². The van der Waals surface area contributed by atoms with Crippen LogP contribution in [0.4, 0.5) is 0 Å². The van der Waals surface area contributed by atoms with Gasteiger partial charge in [0.1, 0.15) is 11.2 Å². The maximum atomic E-state index is 9.36. The normalized spacial score (nSPS) is 12.9. The molecule has 0 aliphatic carbocycles. The number of hydrogen-bond donors (Lipinski definition) is 0. The van der Waals surface area contributed by atoms with E-state index in [-0.39, 0.29) is 35.6 Å². The number of rotatable bonds is 5. The molecule has 14 rings (SSSR count). The Morgan fingerprint density at radius 2 is 0.844 bits per heavy atom. The first-order valence-electron chi connectivity index (χ1n) is 23.2. The molecule has 7 heteroatoms. The molecule has 0 amide bonds. The van der Waals surface area contributed by atoms with E-state index >= 15 is 0 Å². The summed E-state index contributed by atoms with van der Waals surface area (Å²) in [6.07, 6.45) is 0. The monoisotopic (exact) mass is 822 g/mol. The minimum absolute atomic E-state index is 0.129. The second-order valence-electron chi connectivity index (χ2n) is 16.1. The molecule has 64 heavy (non-hydrogen) atoms. The third kappa shape index (κ3) is 4.94. The molecular formula is C57H34N6O. The van der Waals surface area contributed by atoms with Crippen LogP contribution in [0.5, 0.6) is 0 Å². The highest BCUT2D eigenvalue weighted by atomic mass is 16.3. The van der Waals surface area contributed by atoms with Crippen LogP contribution >= 0.6 is 0 Å². The molecule has 0 unspecified atom stereocenters. The van der Waals surface area contributed by atoms with Gasteiger partial charge in [-0.25, -0.2) is 0 Å². The van der Waals surface area contributed by atoms with Crippen molar-refractivity contribution in [2.75, 3.05) is 0 Å². The van der Waals surface area contributed by atoms with E-state index in [1.807, 2.05) is 78.9 Å². The third-order valence-electron chi connectivity index (χ3n) is 12.7. The Bertz CT molecular complexity index is 4360. The van der Waals surface area contributed by atoms with Gasteiger partial charge in [0.2, 0.25) is 11.9 Å². The highest BCUT2D eigenvalue weighted by molar-refractivity contribution is 6.15. The molecule has 0 aliphatic rings. The number of benzene rings is 9. The van der Waals surface area contributed by atoms with E-state index < -0.39 is 0 Å². The lowest BCUT2D eigenvalue weighted by atomic mass is 9.94. The average Bonchev–Trinajstić information content (AvgIpc) is 4.14. The van der Waals surface area contributed by atoms with Crippen LogP contribution in [0.3, 0.4) is 0 Å². The van der Waals surface area contributed by atoms with Gasteiger partial charge in [0.25, 0.3) is 0 Å². The Balaban J connectivity index is 1.14.